The highest BCUT2D eigenvalue weighted by Crippen LogP contribution is 2.45. The summed E-state index contributed by atoms with van der Waals surface area (Å²) in [6, 6.07) is 0. The molecule has 0 radical (unpaired) electrons. The van der Waals surface area contributed by atoms with Gasteiger partial charge in [-0.25, -0.2) is 9.13 Å². The van der Waals surface area contributed by atoms with Crippen LogP contribution in [0.2, 0.25) is 0 Å². The van der Waals surface area contributed by atoms with Crippen molar-refractivity contribution >= 4 is 39.5 Å². The number of phosphoric acid groups is 2. The van der Waals surface area contributed by atoms with Crippen LogP contribution in [0.25, 0.3) is 0 Å². The maximum Gasteiger partial charge on any atom is 0.472 e. The van der Waals surface area contributed by atoms with Crippen molar-refractivity contribution < 1.29 is 80.2 Å². The molecule has 3 N–H and O–H groups in total. The van der Waals surface area contributed by atoms with Crippen molar-refractivity contribution in [3.63, 3.8) is 0 Å². The minimum atomic E-state index is -4.97. The van der Waals surface area contributed by atoms with E-state index in [0.717, 1.165) is 95.8 Å². The van der Waals surface area contributed by atoms with Gasteiger partial charge in [-0.3, -0.25) is 37.3 Å². The second kappa shape index (κ2) is 81.6. The summed E-state index contributed by atoms with van der Waals surface area (Å²) >= 11 is 0. The highest BCUT2D eigenvalue weighted by Gasteiger charge is 2.30. The Morgan fingerprint density at radius 1 is 0.250 bits per heavy atom. The Morgan fingerprint density at radius 2 is 0.426 bits per heavy atom. The zero-order valence-corrected chi connectivity index (χ0v) is 72.8. The molecule has 108 heavy (non-hydrogen) atoms. The summed E-state index contributed by atoms with van der Waals surface area (Å²) in [6.45, 7) is 7.34. The maximum absolute atomic E-state index is 13.2. The number of hydrogen-bond donors (Lipinski definition) is 3. The number of ether oxygens (including phenoxy) is 4. The summed E-state index contributed by atoms with van der Waals surface area (Å²) in [5, 5.41) is 10.7. The molecule has 0 fully saturated rings. The van der Waals surface area contributed by atoms with Crippen LogP contribution in [0.1, 0.15) is 484 Å². The largest absolute Gasteiger partial charge is 0.472 e. The molecule has 17 nitrogen and oxygen atoms in total. The summed E-state index contributed by atoms with van der Waals surface area (Å²) in [7, 11) is -9.93. The van der Waals surface area contributed by atoms with Crippen molar-refractivity contribution in [1.82, 2.24) is 0 Å². The predicted octanol–water partition coefficient (Wildman–Crippen LogP) is 27.5. The van der Waals surface area contributed by atoms with Crippen molar-refractivity contribution in [3.8, 4) is 0 Å². The van der Waals surface area contributed by atoms with Crippen LogP contribution >= 0.6 is 15.6 Å². The average Bonchev–Trinajstić information content (AvgIpc) is 0.900. The number of aliphatic hydroxyl groups excluding tert-OH is 1. The number of unbranched alkanes of at least 4 members (excludes halogenated alkanes) is 61. The minimum absolute atomic E-state index is 0.108. The van der Waals surface area contributed by atoms with Crippen LogP contribution in [0, 0.1) is 5.92 Å². The Bertz CT molecular complexity index is 2050. The van der Waals surface area contributed by atoms with E-state index in [2.05, 4.69) is 34.6 Å². The highest BCUT2D eigenvalue weighted by molar-refractivity contribution is 7.47. The highest BCUT2D eigenvalue weighted by atomic mass is 31.2. The molecule has 2 unspecified atom stereocenters. The Hall–Kier alpha value is -1.94. The van der Waals surface area contributed by atoms with E-state index >= 15 is 0 Å². The SMILES string of the molecule is CCCCCCCCCCCCCCCCCCCCCCCC(=O)OC[C@H](COP(=O)(O)OC[C@@H](O)COP(=O)(O)OC[C@@H](COC(=O)CCCCCCCCCCC(C)C)OC(=O)CCCCCCCCCCCCCCCCC)OC(=O)CCCCCCCCCCCCCCCCCCCCCCC. The van der Waals surface area contributed by atoms with Gasteiger partial charge in [0.1, 0.15) is 19.3 Å². The molecule has 0 heterocycles. The fourth-order valence-corrected chi connectivity index (χ4v) is 15.6. The molecule has 0 bridgehead atoms. The fraction of sp³-hybridized carbons (Fsp3) is 0.955. The third-order valence-electron chi connectivity index (χ3n) is 21.0. The molecule has 0 saturated heterocycles. The number of rotatable bonds is 89. The van der Waals surface area contributed by atoms with Crippen LogP contribution in [0.4, 0.5) is 0 Å². The number of phosphoric ester groups is 2. The lowest BCUT2D eigenvalue weighted by molar-refractivity contribution is -0.161. The molecule has 0 aromatic carbocycles. The monoisotopic (exact) mass is 1580 g/mol. The molecule has 0 aliphatic heterocycles. The standard InChI is InChI=1S/C89H174O17P2/c1-6-9-12-15-18-21-24-27-30-32-34-36-38-40-43-45-48-51-57-62-67-72-86(91)99-78-84(105-88(93)75-70-65-60-53-50-47-44-41-39-37-35-33-31-28-25-22-19-16-13-10-7-2)80-103-107(95,96)101-76-83(90)77-102-108(97,98)104-81-85(79-100-87(92)73-68-63-58-55-54-56-61-66-71-82(4)5)106-89(94)74-69-64-59-52-49-46-42-29-26-23-20-17-14-11-8-3/h82-85,90H,6-81H2,1-5H3,(H,95,96)(H,97,98)/t83-,84-,85-/m1/s1. The van der Waals surface area contributed by atoms with E-state index in [1.807, 2.05) is 0 Å². The molecule has 0 aromatic heterocycles. The van der Waals surface area contributed by atoms with Crippen molar-refractivity contribution in [2.24, 2.45) is 5.92 Å². The van der Waals surface area contributed by atoms with E-state index in [-0.39, 0.29) is 25.7 Å². The molecule has 0 saturated carbocycles. The van der Waals surface area contributed by atoms with E-state index in [9.17, 15) is 43.2 Å². The second-order valence-electron chi connectivity index (χ2n) is 32.5. The van der Waals surface area contributed by atoms with E-state index < -0.39 is 97.5 Å². The zero-order chi connectivity index (χ0) is 79.0. The Kier molecular flexibility index (Phi) is 80.2. The van der Waals surface area contributed by atoms with Gasteiger partial charge in [-0.05, 0) is 31.6 Å². The van der Waals surface area contributed by atoms with Crippen LogP contribution < -0.4 is 0 Å². The molecule has 0 rings (SSSR count). The zero-order valence-electron chi connectivity index (χ0n) is 71.0. The predicted molar refractivity (Wildman–Crippen MR) is 446 cm³/mol. The van der Waals surface area contributed by atoms with Crippen molar-refractivity contribution in [2.75, 3.05) is 39.6 Å². The smallest absolute Gasteiger partial charge is 0.462 e. The van der Waals surface area contributed by atoms with E-state index in [1.54, 1.807) is 0 Å². The van der Waals surface area contributed by atoms with Crippen LogP contribution in [0.5, 0.6) is 0 Å². The minimum Gasteiger partial charge on any atom is -0.462 e. The molecule has 0 aliphatic carbocycles. The first-order valence-corrected chi connectivity index (χ1v) is 49.1. The third kappa shape index (κ3) is 82.1. The topological polar surface area (TPSA) is 237 Å². The second-order valence-corrected chi connectivity index (χ2v) is 35.4. The van der Waals surface area contributed by atoms with Gasteiger partial charge >= 0.3 is 39.5 Å². The number of hydrogen-bond acceptors (Lipinski definition) is 15. The van der Waals surface area contributed by atoms with Gasteiger partial charge in [-0.2, -0.15) is 0 Å². The molecule has 0 amide bonds. The Balaban J connectivity index is 5.22. The van der Waals surface area contributed by atoms with Gasteiger partial charge in [-0.15, -0.1) is 0 Å². The van der Waals surface area contributed by atoms with E-state index in [0.29, 0.717) is 25.7 Å². The summed E-state index contributed by atoms with van der Waals surface area (Å²) in [6.07, 6.45) is 76.6. The molecule has 0 aliphatic rings. The Morgan fingerprint density at radius 3 is 0.630 bits per heavy atom. The van der Waals surface area contributed by atoms with Gasteiger partial charge in [0, 0.05) is 25.7 Å². The average molecular weight is 1580 g/mol. The van der Waals surface area contributed by atoms with Gasteiger partial charge in [0.2, 0.25) is 0 Å². The van der Waals surface area contributed by atoms with E-state index in [4.69, 9.17) is 37.0 Å². The number of aliphatic hydroxyl groups is 1. The lowest BCUT2D eigenvalue weighted by Gasteiger charge is -2.21. The molecular formula is C89H174O17P2. The van der Waals surface area contributed by atoms with Crippen molar-refractivity contribution in [2.45, 2.75) is 502 Å². The Labute approximate surface area is 664 Å². The van der Waals surface area contributed by atoms with Gasteiger partial charge in [0.15, 0.2) is 12.2 Å². The third-order valence-corrected chi connectivity index (χ3v) is 22.9. The van der Waals surface area contributed by atoms with Crippen LogP contribution in [-0.4, -0.2) is 96.7 Å². The number of carbonyl (C=O) groups excluding carboxylic acids is 4. The van der Waals surface area contributed by atoms with Crippen LogP contribution in [0.15, 0.2) is 0 Å². The number of esters is 4. The lowest BCUT2D eigenvalue weighted by atomic mass is 10.0. The van der Waals surface area contributed by atoms with Gasteiger partial charge in [0.25, 0.3) is 0 Å². The van der Waals surface area contributed by atoms with Crippen LogP contribution in [-0.2, 0) is 65.4 Å². The number of carbonyl (C=O) groups is 4. The molecule has 19 heteroatoms. The van der Waals surface area contributed by atoms with Gasteiger partial charge in [-0.1, -0.05) is 433 Å². The molecule has 642 valence electrons. The van der Waals surface area contributed by atoms with Crippen LogP contribution in [0.3, 0.4) is 0 Å². The normalized spacial score (nSPS) is 13.7. The van der Waals surface area contributed by atoms with E-state index in [1.165, 1.54) is 308 Å². The fourth-order valence-electron chi connectivity index (χ4n) is 14.0. The first kappa shape index (κ1) is 106. The summed E-state index contributed by atoms with van der Waals surface area (Å²) in [5.74, 6) is -1.37. The van der Waals surface area contributed by atoms with Crippen molar-refractivity contribution in [1.29, 1.82) is 0 Å². The van der Waals surface area contributed by atoms with Crippen molar-refractivity contribution in [3.05, 3.63) is 0 Å². The first-order valence-electron chi connectivity index (χ1n) is 46.1. The molecular weight excluding hydrogens is 1400 g/mol. The van der Waals surface area contributed by atoms with Gasteiger partial charge < -0.3 is 33.8 Å². The quantitative estimate of drug-likeness (QED) is 0.0222. The summed E-state index contributed by atoms with van der Waals surface area (Å²) in [4.78, 5) is 73.3. The first-order chi connectivity index (χ1) is 52.5. The maximum atomic E-state index is 13.2. The molecule has 5 atom stereocenters. The lowest BCUT2D eigenvalue weighted by Crippen LogP contribution is -2.30. The molecule has 0 spiro atoms. The summed E-state index contributed by atoms with van der Waals surface area (Å²) in [5.41, 5.74) is 0. The van der Waals surface area contributed by atoms with Gasteiger partial charge in [0.05, 0.1) is 26.4 Å². The molecule has 0 aromatic rings. The summed E-state index contributed by atoms with van der Waals surface area (Å²) < 4.78 is 69.0.